The van der Waals surface area contributed by atoms with Gasteiger partial charge in [0.2, 0.25) is 6.79 Å². The third-order valence-electron chi connectivity index (χ3n) is 4.37. The van der Waals surface area contributed by atoms with E-state index in [9.17, 15) is 9.18 Å². The Morgan fingerprint density at radius 3 is 2.74 bits per heavy atom. The summed E-state index contributed by atoms with van der Waals surface area (Å²) in [7, 11) is 1.27. The van der Waals surface area contributed by atoms with Gasteiger partial charge in [-0.2, -0.15) is 0 Å². The largest absolute Gasteiger partial charge is 0.492 e. The van der Waals surface area contributed by atoms with E-state index in [1.807, 2.05) is 0 Å². The maximum absolute atomic E-state index is 14.8. The number of halogens is 3. The van der Waals surface area contributed by atoms with Gasteiger partial charge in [0.05, 0.1) is 17.7 Å². The molecule has 31 heavy (non-hydrogen) atoms. The van der Waals surface area contributed by atoms with Crippen LogP contribution < -0.4 is 19.9 Å². The third kappa shape index (κ3) is 4.01. The van der Waals surface area contributed by atoms with Crippen molar-refractivity contribution in [3.05, 3.63) is 57.5 Å². The van der Waals surface area contributed by atoms with Crippen LogP contribution in [0.4, 0.5) is 10.2 Å². The lowest BCUT2D eigenvalue weighted by atomic mass is 10.1. The predicted octanol–water partition coefficient (Wildman–Crippen LogP) is 4.27. The van der Waals surface area contributed by atoms with Gasteiger partial charge in [0, 0.05) is 0 Å². The van der Waals surface area contributed by atoms with Crippen molar-refractivity contribution in [3.63, 3.8) is 0 Å². The van der Waals surface area contributed by atoms with Gasteiger partial charge in [-0.15, -0.1) is 0 Å². The Morgan fingerprint density at radius 1 is 1.19 bits per heavy atom. The summed E-state index contributed by atoms with van der Waals surface area (Å²) >= 11 is 12.0. The number of methoxy groups -OCH3 is 1. The van der Waals surface area contributed by atoms with Crippen LogP contribution in [0, 0.1) is 5.82 Å². The third-order valence-corrected chi connectivity index (χ3v) is 5.04. The molecule has 0 fully saturated rings. The quantitative estimate of drug-likeness (QED) is 0.556. The van der Waals surface area contributed by atoms with E-state index >= 15 is 0 Å². The Balaban J connectivity index is 1.61. The number of aromatic nitrogens is 2. The molecule has 1 aliphatic heterocycles. The molecule has 2 N–H and O–H groups in total. The van der Waals surface area contributed by atoms with Crippen LogP contribution in [0.1, 0.15) is 16.1 Å². The molecule has 0 saturated heterocycles. The first-order valence-electron chi connectivity index (χ1n) is 8.80. The minimum Gasteiger partial charge on any atom is -0.492 e. The second-order valence-electron chi connectivity index (χ2n) is 6.30. The van der Waals surface area contributed by atoms with E-state index in [-0.39, 0.29) is 52.1 Å². The van der Waals surface area contributed by atoms with Crippen molar-refractivity contribution in [3.8, 4) is 28.6 Å². The van der Waals surface area contributed by atoms with Gasteiger partial charge in [-0.3, -0.25) is 0 Å². The summed E-state index contributed by atoms with van der Waals surface area (Å²) in [6, 6.07) is 7.86. The van der Waals surface area contributed by atoms with E-state index in [0.717, 1.165) is 0 Å². The zero-order valence-corrected chi connectivity index (χ0v) is 17.5. The van der Waals surface area contributed by atoms with Crippen molar-refractivity contribution >= 4 is 35.0 Å². The summed E-state index contributed by atoms with van der Waals surface area (Å²) in [5.74, 6) is -1.10. The molecule has 0 aliphatic carbocycles. The first kappa shape index (κ1) is 21.0. The average Bonchev–Trinajstić information content (AvgIpc) is 3.22. The van der Waals surface area contributed by atoms with Crippen molar-refractivity contribution < 1.29 is 28.1 Å². The molecular weight excluding hydrogens is 452 g/mol. The van der Waals surface area contributed by atoms with Crippen LogP contribution in [0.15, 0.2) is 30.3 Å². The minimum absolute atomic E-state index is 0.0639. The van der Waals surface area contributed by atoms with Crippen molar-refractivity contribution in [2.24, 2.45) is 0 Å². The lowest BCUT2D eigenvalue weighted by molar-refractivity contribution is 0.0465. The molecule has 160 valence electrons. The predicted molar refractivity (Wildman–Crippen MR) is 110 cm³/mol. The number of carbonyl (C=O) groups is 1. The number of nitrogens with two attached hydrogens (primary N) is 1. The van der Waals surface area contributed by atoms with Crippen LogP contribution >= 0.6 is 23.2 Å². The molecule has 4 rings (SSSR count). The molecule has 0 radical (unpaired) electrons. The van der Waals surface area contributed by atoms with Crippen molar-refractivity contribution in [2.75, 3.05) is 19.6 Å². The minimum atomic E-state index is -0.862. The molecular formula is C20H14Cl2FN3O5. The molecule has 1 aliphatic rings. The summed E-state index contributed by atoms with van der Waals surface area (Å²) in [5.41, 5.74) is 6.09. The van der Waals surface area contributed by atoms with E-state index in [2.05, 4.69) is 9.97 Å². The standard InChI is InChI=1S/C20H14Cl2FN3O5/c1-28-17-11(21)4-3-10(15(17)23)19-25-16(14(22)18(24)26-19)20(27)29-7-9-2-5-12-13(6-9)31-8-30-12/h2-6H,7-8H2,1H3,(H2,24,25,26). The van der Waals surface area contributed by atoms with Crippen LogP contribution in [0.25, 0.3) is 11.4 Å². The molecule has 0 bridgehead atoms. The van der Waals surface area contributed by atoms with Crippen molar-refractivity contribution in [1.29, 1.82) is 0 Å². The number of benzene rings is 2. The second-order valence-corrected chi connectivity index (χ2v) is 7.09. The number of hydrogen-bond donors (Lipinski definition) is 1. The Hall–Kier alpha value is -3.30. The summed E-state index contributed by atoms with van der Waals surface area (Å²) in [6.45, 7) is 0.0391. The molecule has 0 unspecified atom stereocenters. The molecule has 2 aromatic carbocycles. The van der Waals surface area contributed by atoms with Gasteiger partial charge < -0.3 is 24.7 Å². The zero-order valence-electron chi connectivity index (χ0n) is 15.9. The summed E-state index contributed by atoms with van der Waals surface area (Å²) in [6.07, 6.45) is 0. The molecule has 8 nitrogen and oxygen atoms in total. The first-order chi connectivity index (χ1) is 14.9. The van der Waals surface area contributed by atoms with Crippen LogP contribution in [0.3, 0.4) is 0 Å². The Bertz CT molecular complexity index is 1190. The number of hydrogen-bond acceptors (Lipinski definition) is 8. The Morgan fingerprint density at radius 2 is 1.97 bits per heavy atom. The van der Waals surface area contributed by atoms with Crippen LogP contribution in [0.5, 0.6) is 17.2 Å². The van der Waals surface area contributed by atoms with E-state index in [4.69, 9.17) is 47.9 Å². The van der Waals surface area contributed by atoms with E-state index in [1.165, 1.54) is 19.2 Å². The van der Waals surface area contributed by atoms with E-state index < -0.39 is 11.8 Å². The summed E-state index contributed by atoms with van der Waals surface area (Å²) in [4.78, 5) is 20.6. The maximum Gasteiger partial charge on any atom is 0.359 e. The topological polar surface area (TPSA) is 106 Å². The molecule has 11 heteroatoms. The monoisotopic (exact) mass is 465 g/mol. The summed E-state index contributed by atoms with van der Waals surface area (Å²) in [5, 5.41) is -0.144. The normalized spacial score (nSPS) is 12.0. The van der Waals surface area contributed by atoms with Gasteiger partial charge >= 0.3 is 5.97 Å². The molecule has 3 aromatic rings. The van der Waals surface area contributed by atoms with Crippen LogP contribution in [-0.2, 0) is 11.3 Å². The van der Waals surface area contributed by atoms with Gasteiger partial charge in [0.15, 0.2) is 34.6 Å². The fourth-order valence-electron chi connectivity index (χ4n) is 2.86. The lowest BCUT2D eigenvalue weighted by Gasteiger charge is -2.11. The van der Waals surface area contributed by atoms with Crippen LogP contribution in [-0.4, -0.2) is 29.8 Å². The van der Waals surface area contributed by atoms with Gasteiger partial charge in [-0.25, -0.2) is 19.2 Å². The number of fused-ring (bicyclic) bond motifs is 1. The number of nitrogen functional groups attached to an aromatic ring is 1. The summed E-state index contributed by atoms with van der Waals surface area (Å²) < 4.78 is 35.5. The van der Waals surface area contributed by atoms with E-state index in [0.29, 0.717) is 17.1 Å². The SMILES string of the molecule is COc1c(Cl)ccc(-c2nc(N)c(Cl)c(C(=O)OCc3ccc4c(c3)OCO4)n2)c1F. The highest BCUT2D eigenvalue weighted by molar-refractivity contribution is 6.35. The second kappa shape index (κ2) is 8.44. The maximum atomic E-state index is 14.8. The van der Waals surface area contributed by atoms with Gasteiger partial charge in [0.25, 0.3) is 0 Å². The average molecular weight is 466 g/mol. The molecule has 0 saturated carbocycles. The highest BCUT2D eigenvalue weighted by atomic mass is 35.5. The highest BCUT2D eigenvalue weighted by Gasteiger charge is 2.23. The fourth-order valence-corrected chi connectivity index (χ4v) is 3.25. The Kier molecular flexibility index (Phi) is 5.71. The molecule has 0 atom stereocenters. The number of ether oxygens (including phenoxy) is 4. The number of rotatable bonds is 5. The van der Waals surface area contributed by atoms with Crippen molar-refractivity contribution in [2.45, 2.75) is 6.61 Å². The van der Waals surface area contributed by atoms with Gasteiger partial charge in [-0.1, -0.05) is 29.3 Å². The highest BCUT2D eigenvalue weighted by Crippen LogP contribution is 2.35. The zero-order chi connectivity index (χ0) is 22.1. The molecule has 0 spiro atoms. The van der Waals surface area contributed by atoms with E-state index in [1.54, 1.807) is 18.2 Å². The fraction of sp³-hybridized carbons (Fsp3) is 0.150. The number of esters is 1. The lowest BCUT2D eigenvalue weighted by Crippen LogP contribution is -2.12. The molecule has 2 heterocycles. The molecule has 1 aromatic heterocycles. The Labute approximate surface area is 185 Å². The number of carbonyl (C=O) groups excluding carboxylic acids is 1. The number of nitrogens with zero attached hydrogens (tertiary/aromatic N) is 2. The smallest absolute Gasteiger partial charge is 0.359 e. The van der Waals surface area contributed by atoms with Gasteiger partial charge in [0.1, 0.15) is 17.4 Å². The van der Waals surface area contributed by atoms with Gasteiger partial charge in [-0.05, 0) is 29.8 Å². The number of anilines is 1. The van der Waals surface area contributed by atoms with Crippen molar-refractivity contribution in [1.82, 2.24) is 9.97 Å². The van der Waals surface area contributed by atoms with Crippen LogP contribution in [0.2, 0.25) is 10.0 Å². The first-order valence-corrected chi connectivity index (χ1v) is 9.55. The molecule has 0 amide bonds.